The zero-order chi connectivity index (χ0) is 14.9. The quantitative estimate of drug-likeness (QED) is 0.730. The standard InChI is InChI=1S/C16H26N2O3/c19-15(17-9-6-13-4-2-1-3-5-13)12-18-16(20)14-7-10-21-11-8-14/h4,14H,1-3,5-12H2,(H,17,19)(H,18,20). The van der Waals surface area contributed by atoms with Gasteiger partial charge in [-0.2, -0.15) is 0 Å². The summed E-state index contributed by atoms with van der Waals surface area (Å²) < 4.78 is 5.22. The van der Waals surface area contributed by atoms with Crippen molar-refractivity contribution < 1.29 is 14.3 Å². The normalized spacial score (nSPS) is 19.7. The van der Waals surface area contributed by atoms with Gasteiger partial charge in [0, 0.05) is 25.7 Å². The Morgan fingerprint density at radius 2 is 2.00 bits per heavy atom. The maximum atomic E-state index is 11.9. The molecule has 0 aromatic heterocycles. The molecule has 0 spiro atoms. The number of hydrogen-bond acceptors (Lipinski definition) is 3. The average Bonchev–Trinajstić information content (AvgIpc) is 2.54. The van der Waals surface area contributed by atoms with Gasteiger partial charge in [0.25, 0.3) is 0 Å². The van der Waals surface area contributed by atoms with Gasteiger partial charge in [-0.15, -0.1) is 0 Å². The minimum absolute atomic E-state index is 0.000977. The van der Waals surface area contributed by atoms with Crippen LogP contribution in [0.5, 0.6) is 0 Å². The van der Waals surface area contributed by atoms with Crippen molar-refractivity contribution in [1.82, 2.24) is 10.6 Å². The lowest BCUT2D eigenvalue weighted by Crippen LogP contribution is -2.41. The highest BCUT2D eigenvalue weighted by molar-refractivity contribution is 5.85. The molecule has 5 nitrogen and oxygen atoms in total. The monoisotopic (exact) mass is 294 g/mol. The van der Waals surface area contributed by atoms with E-state index < -0.39 is 0 Å². The summed E-state index contributed by atoms with van der Waals surface area (Å²) in [6.07, 6.45) is 9.61. The summed E-state index contributed by atoms with van der Waals surface area (Å²) in [5.74, 6) is -0.130. The second kappa shape index (κ2) is 8.82. The second-order valence-corrected chi connectivity index (χ2v) is 5.81. The van der Waals surface area contributed by atoms with E-state index in [0.717, 1.165) is 25.7 Å². The Bertz CT molecular complexity index is 387. The lowest BCUT2D eigenvalue weighted by Gasteiger charge is -2.21. The number of carbonyl (C=O) groups is 2. The Kier molecular flexibility index (Phi) is 6.73. The van der Waals surface area contributed by atoms with E-state index in [0.29, 0.717) is 19.8 Å². The maximum absolute atomic E-state index is 11.9. The summed E-state index contributed by atoms with van der Waals surface area (Å²) >= 11 is 0. The van der Waals surface area contributed by atoms with E-state index in [9.17, 15) is 9.59 Å². The fourth-order valence-electron chi connectivity index (χ4n) is 2.83. The largest absolute Gasteiger partial charge is 0.381 e. The van der Waals surface area contributed by atoms with Crippen LogP contribution in [0.25, 0.3) is 0 Å². The zero-order valence-electron chi connectivity index (χ0n) is 12.7. The first-order chi connectivity index (χ1) is 10.3. The molecule has 1 heterocycles. The third-order valence-electron chi connectivity index (χ3n) is 4.17. The molecular formula is C16H26N2O3. The zero-order valence-corrected chi connectivity index (χ0v) is 12.7. The molecule has 1 aliphatic carbocycles. The lowest BCUT2D eigenvalue weighted by molar-refractivity contribution is -0.130. The molecule has 2 N–H and O–H groups in total. The van der Waals surface area contributed by atoms with Crippen molar-refractivity contribution in [2.24, 2.45) is 5.92 Å². The highest BCUT2D eigenvalue weighted by atomic mass is 16.5. The molecule has 0 bridgehead atoms. The maximum Gasteiger partial charge on any atom is 0.239 e. The SMILES string of the molecule is O=C(CNC(=O)C1CCOCC1)NCCC1=CCCCC1. The number of ether oxygens (including phenoxy) is 1. The van der Waals surface area contributed by atoms with Crippen LogP contribution in [0.2, 0.25) is 0 Å². The Balaban J connectivity index is 1.56. The van der Waals surface area contributed by atoms with Crippen LogP contribution in [0.15, 0.2) is 11.6 Å². The molecule has 0 radical (unpaired) electrons. The molecule has 0 unspecified atom stereocenters. The minimum atomic E-state index is -0.105. The smallest absolute Gasteiger partial charge is 0.239 e. The van der Waals surface area contributed by atoms with Gasteiger partial charge in [0.05, 0.1) is 6.54 Å². The fourth-order valence-corrected chi connectivity index (χ4v) is 2.83. The summed E-state index contributed by atoms with van der Waals surface area (Å²) in [6.45, 7) is 2.02. The third-order valence-corrected chi connectivity index (χ3v) is 4.17. The molecule has 5 heteroatoms. The van der Waals surface area contributed by atoms with Gasteiger partial charge in [-0.1, -0.05) is 11.6 Å². The summed E-state index contributed by atoms with van der Waals surface area (Å²) in [5, 5.41) is 5.59. The van der Waals surface area contributed by atoms with Crippen LogP contribution in [0.4, 0.5) is 0 Å². The first-order valence-corrected chi connectivity index (χ1v) is 8.06. The van der Waals surface area contributed by atoms with E-state index in [1.165, 1.54) is 24.8 Å². The number of rotatable bonds is 6. The molecule has 2 aliphatic rings. The average molecular weight is 294 g/mol. The molecule has 2 amide bonds. The van der Waals surface area contributed by atoms with E-state index in [1.54, 1.807) is 0 Å². The van der Waals surface area contributed by atoms with Gasteiger partial charge in [-0.05, 0) is 44.9 Å². The van der Waals surface area contributed by atoms with Gasteiger partial charge < -0.3 is 15.4 Å². The van der Waals surface area contributed by atoms with Crippen LogP contribution < -0.4 is 10.6 Å². The lowest BCUT2D eigenvalue weighted by atomic mass is 9.97. The first kappa shape index (κ1) is 16.0. The van der Waals surface area contributed by atoms with Crippen LogP contribution in [0.1, 0.15) is 44.9 Å². The predicted molar refractivity (Wildman–Crippen MR) is 80.7 cm³/mol. The molecule has 2 rings (SSSR count). The summed E-state index contributed by atoms with van der Waals surface area (Å²) in [7, 11) is 0. The number of allylic oxidation sites excluding steroid dienone is 1. The molecule has 1 fully saturated rings. The third kappa shape index (κ3) is 5.87. The van der Waals surface area contributed by atoms with E-state index in [4.69, 9.17) is 4.74 Å². The summed E-state index contributed by atoms with van der Waals surface area (Å²) in [6, 6.07) is 0. The Morgan fingerprint density at radius 1 is 1.19 bits per heavy atom. The highest BCUT2D eigenvalue weighted by Gasteiger charge is 2.21. The van der Waals surface area contributed by atoms with Crippen molar-refractivity contribution in [3.63, 3.8) is 0 Å². The molecule has 1 aliphatic heterocycles. The van der Waals surface area contributed by atoms with Crippen LogP contribution in [0, 0.1) is 5.92 Å². The minimum Gasteiger partial charge on any atom is -0.381 e. The molecular weight excluding hydrogens is 268 g/mol. The van der Waals surface area contributed by atoms with Crippen LogP contribution in [-0.2, 0) is 14.3 Å². The molecule has 0 atom stereocenters. The van der Waals surface area contributed by atoms with Crippen molar-refractivity contribution in [1.29, 1.82) is 0 Å². The van der Waals surface area contributed by atoms with Gasteiger partial charge in [0.1, 0.15) is 0 Å². The number of carbonyl (C=O) groups excluding carboxylic acids is 2. The van der Waals surface area contributed by atoms with Crippen LogP contribution in [-0.4, -0.2) is 38.1 Å². The number of hydrogen-bond donors (Lipinski definition) is 2. The van der Waals surface area contributed by atoms with E-state index in [2.05, 4.69) is 16.7 Å². The molecule has 21 heavy (non-hydrogen) atoms. The van der Waals surface area contributed by atoms with Crippen molar-refractivity contribution >= 4 is 11.8 Å². The van der Waals surface area contributed by atoms with Gasteiger partial charge in [-0.3, -0.25) is 9.59 Å². The van der Waals surface area contributed by atoms with Gasteiger partial charge in [-0.25, -0.2) is 0 Å². The summed E-state index contributed by atoms with van der Waals surface area (Å²) in [4.78, 5) is 23.6. The van der Waals surface area contributed by atoms with E-state index >= 15 is 0 Å². The Labute approximate surface area is 126 Å². The summed E-state index contributed by atoms with van der Waals surface area (Å²) in [5.41, 5.74) is 1.45. The molecule has 118 valence electrons. The van der Waals surface area contributed by atoms with Crippen molar-refractivity contribution in [2.75, 3.05) is 26.3 Å². The van der Waals surface area contributed by atoms with Gasteiger partial charge in [0.15, 0.2) is 0 Å². The second-order valence-electron chi connectivity index (χ2n) is 5.81. The van der Waals surface area contributed by atoms with E-state index in [1.807, 2.05) is 0 Å². The van der Waals surface area contributed by atoms with Crippen LogP contribution in [0.3, 0.4) is 0 Å². The van der Waals surface area contributed by atoms with Crippen molar-refractivity contribution in [3.8, 4) is 0 Å². The molecule has 0 aromatic carbocycles. The van der Waals surface area contributed by atoms with Crippen molar-refractivity contribution in [3.05, 3.63) is 11.6 Å². The van der Waals surface area contributed by atoms with Gasteiger partial charge >= 0.3 is 0 Å². The Morgan fingerprint density at radius 3 is 2.71 bits per heavy atom. The number of nitrogens with one attached hydrogen (secondary N) is 2. The first-order valence-electron chi connectivity index (χ1n) is 8.06. The number of amides is 2. The van der Waals surface area contributed by atoms with E-state index in [-0.39, 0.29) is 24.3 Å². The van der Waals surface area contributed by atoms with Crippen LogP contribution >= 0.6 is 0 Å². The molecule has 0 aromatic rings. The molecule has 1 saturated heterocycles. The topological polar surface area (TPSA) is 67.4 Å². The van der Waals surface area contributed by atoms with Gasteiger partial charge in [0.2, 0.25) is 11.8 Å². The Hall–Kier alpha value is -1.36. The van der Waals surface area contributed by atoms with Crippen molar-refractivity contribution in [2.45, 2.75) is 44.9 Å². The fraction of sp³-hybridized carbons (Fsp3) is 0.750. The molecule has 0 saturated carbocycles. The predicted octanol–water partition coefficient (Wildman–Crippen LogP) is 1.54. The highest BCUT2D eigenvalue weighted by Crippen LogP contribution is 2.19.